The predicted molar refractivity (Wildman–Crippen MR) is 81.9 cm³/mol. The highest BCUT2D eigenvalue weighted by atomic mass is 35.5. The van der Waals surface area contributed by atoms with Gasteiger partial charge in [-0.3, -0.25) is 0 Å². The molecule has 0 radical (unpaired) electrons. The van der Waals surface area contributed by atoms with Gasteiger partial charge in [-0.25, -0.2) is 22.7 Å². The molecule has 0 amide bonds. The number of nitrogens with zero attached hydrogens (tertiary/aromatic N) is 3. The van der Waals surface area contributed by atoms with Gasteiger partial charge in [0, 0.05) is 25.2 Å². The van der Waals surface area contributed by atoms with E-state index in [1.165, 1.54) is 0 Å². The third-order valence-corrected chi connectivity index (χ3v) is 6.51. The van der Waals surface area contributed by atoms with Crippen molar-refractivity contribution in [2.24, 2.45) is 0 Å². The van der Waals surface area contributed by atoms with Crippen molar-refractivity contribution < 1.29 is 8.42 Å². The van der Waals surface area contributed by atoms with E-state index in [4.69, 9.17) is 11.6 Å². The molecule has 2 aliphatic rings. The minimum atomic E-state index is -3.04. The quantitative estimate of drug-likeness (QED) is 0.852. The molecule has 0 unspecified atom stereocenters. The van der Waals surface area contributed by atoms with Crippen LogP contribution < -0.4 is 5.32 Å². The zero-order chi connectivity index (χ0) is 15.0. The summed E-state index contributed by atoms with van der Waals surface area (Å²) in [6, 6.07) is 1.92. The lowest BCUT2D eigenvalue weighted by Crippen LogP contribution is -2.43. The first-order valence-corrected chi connectivity index (χ1v) is 9.10. The van der Waals surface area contributed by atoms with Crippen LogP contribution in [0, 0.1) is 6.92 Å². The molecular formula is C13H19ClN4O2S. The van der Waals surface area contributed by atoms with Crippen molar-refractivity contribution in [2.75, 3.05) is 18.4 Å². The zero-order valence-corrected chi connectivity index (χ0v) is 13.5. The lowest BCUT2D eigenvalue weighted by atomic mass is 10.1. The van der Waals surface area contributed by atoms with Crippen LogP contribution in [-0.2, 0) is 10.0 Å². The number of nitrogens with one attached hydrogen (secondary N) is 1. The van der Waals surface area contributed by atoms with Crippen LogP contribution in [0.15, 0.2) is 6.07 Å². The Morgan fingerprint density at radius 1 is 1.24 bits per heavy atom. The first-order chi connectivity index (χ1) is 9.95. The SMILES string of the molecule is Cc1nc(Cl)cc(NC2CCN(S(=O)(=O)C3CC3)CC2)n1. The Bertz CT molecular complexity index is 605. The van der Waals surface area contributed by atoms with Crippen LogP contribution in [0.3, 0.4) is 0 Å². The van der Waals surface area contributed by atoms with Crippen molar-refractivity contribution in [3.05, 3.63) is 17.0 Å². The third kappa shape index (κ3) is 3.46. The van der Waals surface area contributed by atoms with E-state index >= 15 is 0 Å². The standard InChI is InChI=1S/C13H19ClN4O2S/c1-9-15-12(14)8-13(16-9)17-10-4-6-18(7-5-10)21(19,20)11-2-3-11/h8,10-11H,2-7H2,1H3,(H,15,16,17). The molecule has 116 valence electrons. The van der Waals surface area contributed by atoms with E-state index in [0.29, 0.717) is 29.9 Å². The second-order valence-corrected chi connectivity index (χ2v) is 8.29. The summed E-state index contributed by atoms with van der Waals surface area (Å²) in [6.45, 7) is 2.95. The Balaban J connectivity index is 1.58. The van der Waals surface area contributed by atoms with Gasteiger partial charge in [-0.1, -0.05) is 11.6 Å². The topological polar surface area (TPSA) is 75.2 Å². The first kappa shape index (κ1) is 15.0. The summed E-state index contributed by atoms with van der Waals surface area (Å²) in [7, 11) is -3.04. The Kier molecular flexibility index (Phi) is 4.07. The molecule has 1 aliphatic heterocycles. The van der Waals surface area contributed by atoms with Crippen molar-refractivity contribution in [1.82, 2.24) is 14.3 Å². The van der Waals surface area contributed by atoms with Gasteiger partial charge in [0.25, 0.3) is 0 Å². The highest BCUT2D eigenvalue weighted by molar-refractivity contribution is 7.90. The van der Waals surface area contributed by atoms with Crippen LogP contribution in [0.1, 0.15) is 31.5 Å². The Morgan fingerprint density at radius 2 is 1.90 bits per heavy atom. The fraction of sp³-hybridized carbons (Fsp3) is 0.692. The van der Waals surface area contributed by atoms with Crippen LogP contribution in [-0.4, -0.2) is 47.1 Å². The van der Waals surface area contributed by atoms with Crippen molar-refractivity contribution in [3.8, 4) is 0 Å². The molecule has 1 aromatic heterocycles. The molecule has 21 heavy (non-hydrogen) atoms. The van der Waals surface area contributed by atoms with Crippen molar-refractivity contribution in [2.45, 2.75) is 43.9 Å². The second-order valence-electron chi connectivity index (χ2n) is 5.69. The van der Waals surface area contributed by atoms with Gasteiger partial charge in [-0.05, 0) is 32.6 Å². The van der Waals surface area contributed by atoms with Gasteiger partial charge in [0.2, 0.25) is 10.0 Å². The summed E-state index contributed by atoms with van der Waals surface area (Å²) in [6.07, 6.45) is 3.21. The summed E-state index contributed by atoms with van der Waals surface area (Å²) in [5.74, 6) is 1.33. The number of halogens is 1. The van der Waals surface area contributed by atoms with Gasteiger partial charge >= 0.3 is 0 Å². The number of sulfonamides is 1. The van der Waals surface area contributed by atoms with E-state index in [0.717, 1.165) is 25.7 Å². The molecule has 8 heteroatoms. The number of hydrogen-bond donors (Lipinski definition) is 1. The minimum absolute atomic E-state index is 0.120. The number of piperidine rings is 1. The van der Waals surface area contributed by atoms with E-state index in [9.17, 15) is 8.42 Å². The highest BCUT2D eigenvalue weighted by Crippen LogP contribution is 2.32. The maximum atomic E-state index is 12.2. The molecule has 1 saturated carbocycles. The average molecular weight is 331 g/mol. The maximum Gasteiger partial charge on any atom is 0.216 e. The van der Waals surface area contributed by atoms with Crippen molar-refractivity contribution in [3.63, 3.8) is 0 Å². The van der Waals surface area contributed by atoms with Crippen LogP contribution in [0.4, 0.5) is 5.82 Å². The van der Waals surface area contributed by atoms with Crippen LogP contribution in [0.25, 0.3) is 0 Å². The largest absolute Gasteiger partial charge is 0.367 e. The molecule has 6 nitrogen and oxygen atoms in total. The van der Waals surface area contributed by atoms with Gasteiger partial charge in [0.05, 0.1) is 5.25 Å². The molecule has 1 aromatic rings. The fourth-order valence-corrected chi connectivity index (χ4v) is 4.74. The molecule has 0 spiro atoms. The van der Waals surface area contributed by atoms with Crippen LogP contribution in [0.2, 0.25) is 5.15 Å². The molecule has 1 N–H and O–H groups in total. The average Bonchev–Trinajstić information content (AvgIpc) is 3.22. The molecule has 2 fully saturated rings. The van der Waals surface area contributed by atoms with E-state index in [1.54, 1.807) is 17.3 Å². The number of anilines is 1. The van der Waals surface area contributed by atoms with E-state index in [-0.39, 0.29) is 11.3 Å². The highest BCUT2D eigenvalue weighted by Gasteiger charge is 2.41. The normalized spacial score (nSPS) is 21.4. The summed E-state index contributed by atoms with van der Waals surface area (Å²) in [5.41, 5.74) is 0. The number of rotatable bonds is 4. The number of hydrogen-bond acceptors (Lipinski definition) is 5. The lowest BCUT2D eigenvalue weighted by Gasteiger charge is -2.32. The molecule has 0 aromatic carbocycles. The van der Waals surface area contributed by atoms with Gasteiger partial charge in [0.15, 0.2) is 0 Å². The number of aromatic nitrogens is 2. The summed E-state index contributed by atoms with van der Waals surface area (Å²) >= 11 is 5.91. The minimum Gasteiger partial charge on any atom is -0.367 e. The second kappa shape index (κ2) is 5.70. The van der Waals surface area contributed by atoms with Gasteiger partial charge in [-0.15, -0.1) is 0 Å². The molecule has 0 atom stereocenters. The van der Waals surface area contributed by atoms with Gasteiger partial charge in [0.1, 0.15) is 16.8 Å². The Hall–Kier alpha value is -0.920. The smallest absolute Gasteiger partial charge is 0.216 e. The van der Waals surface area contributed by atoms with Gasteiger partial charge < -0.3 is 5.32 Å². The van der Waals surface area contributed by atoms with Crippen molar-refractivity contribution in [1.29, 1.82) is 0 Å². The van der Waals surface area contributed by atoms with E-state index in [2.05, 4.69) is 15.3 Å². The summed E-state index contributed by atoms with van der Waals surface area (Å²) < 4.78 is 26.0. The Labute approximate surface area is 130 Å². The molecule has 2 heterocycles. The number of aryl methyl sites for hydroxylation is 1. The van der Waals surface area contributed by atoms with E-state index in [1.807, 2.05) is 0 Å². The van der Waals surface area contributed by atoms with Crippen molar-refractivity contribution >= 4 is 27.4 Å². The van der Waals surface area contributed by atoms with E-state index < -0.39 is 10.0 Å². The maximum absolute atomic E-state index is 12.2. The monoisotopic (exact) mass is 330 g/mol. The predicted octanol–water partition coefficient (Wildman–Crippen LogP) is 1.81. The molecule has 0 bridgehead atoms. The lowest BCUT2D eigenvalue weighted by molar-refractivity contribution is 0.329. The van der Waals surface area contributed by atoms with Crippen LogP contribution >= 0.6 is 11.6 Å². The Morgan fingerprint density at radius 3 is 2.48 bits per heavy atom. The molecule has 1 saturated heterocycles. The third-order valence-electron chi connectivity index (χ3n) is 3.92. The summed E-state index contributed by atoms with van der Waals surface area (Å²) in [4.78, 5) is 8.32. The zero-order valence-electron chi connectivity index (χ0n) is 11.9. The summed E-state index contributed by atoms with van der Waals surface area (Å²) in [5, 5.41) is 3.62. The van der Waals surface area contributed by atoms with Crippen LogP contribution in [0.5, 0.6) is 0 Å². The van der Waals surface area contributed by atoms with Gasteiger partial charge in [-0.2, -0.15) is 0 Å². The fourth-order valence-electron chi connectivity index (χ4n) is 2.65. The first-order valence-electron chi connectivity index (χ1n) is 7.22. The molecule has 3 rings (SSSR count). The molecular weight excluding hydrogens is 312 g/mol. The molecule has 1 aliphatic carbocycles.